The molecule has 5 heteroatoms. The van der Waals surface area contributed by atoms with Gasteiger partial charge in [-0.25, -0.2) is 4.39 Å². The fourth-order valence-corrected chi connectivity index (χ4v) is 1.55. The zero-order valence-electron chi connectivity index (χ0n) is 10.7. The number of methoxy groups -OCH3 is 1. The van der Waals surface area contributed by atoms with Crippen molar-refractivity contribution in [3.05, 3.63) is 35.6 Å². The predicted octanol–water partition coefficient (Wildman–Crippen LogP) is 1.02. The van der Waals surface area contributed by atoms with Gasteiger partial charge in [-0.15, -0.1) is 0 Å². The van der Waals surface area contributed by atoms with Crippen molar-refractivity contribution in [2.75, 3.05) is 20.3 Å². The quantitative estimate of drug-likeness (QED) is 0.796. The van der Waals surface area contributed by atoms with Gasteiger partial charge in [0.25, 0.3) is 0 Å². The molecule has 1 rings (SSSR count). The molecule has 0 bridgehead atoms. The molecule has 1 aromatic rings. The first-order valence-electron chi connectivity index (χ1n) is 5.82. The number of rotatable bonds is 6. The summed E-state index contributed by atoms with van der Waals surface area (Å²) in [4.78, 5) is 11.5. The molecule has 0 aromatic heterocycles. The summed E-state index contributed by atoms with van der Waals surface area (Å²) in [5.74, 6) is -0.410. The average molecular weight is 254 g/mol. The number of nitrogens with one attached hydrogen (secondary N) is 1. The van der Waals surface area contributed by atoms with Crippen LogP contribution in [0, 0.1) is 5.82 Å². The smallest absolute Gasteiger partial charge is 0.239 e. The highest BCUT2D eigenvalue weighted by molar-refractivity contribution is 5.81. The Balaban J connectivity index is 2.43. The molecule has 4 nitrogen and oxygen atoms in total. The summed E-state index contributed by atoms with van der Waals surface area (Å²) in [6, 6.07) is 5.58. The maximum Gasteiger partial charge on any atom is 0.239 e. The summed E-state index contributed by atoms with van der Waals surface area (Å²) in [5.41, 5.74) is 6.56. The Kier molecular flexibility index (Phi) is 5.74. The summed E-state index contributed by atoms with van der Waals surface area (Å²) in [6.45, 7) is 2.61. The van der Waals surface area contributed by atoms with E-state index in [1.54, 1.807) is 12.1 Å². The highest BCUT2D eigenvalue weighted by Crippen LogP contribution is 2.14. The first-order chi connectivity index (χ1) is 8.54. The van der Waals surface area contributed by atoms with Crippen LogP contribution in [0.3, 0.4) is 0 Å². The zero-order chi connectivity index (χ0) is 13.5. The molecule has 0 saturated heterocycles. The Morgan fingerprint density at radius 2 is 2.06 bits per heavy atom. The fourth-order valence-electron chi connectivity index (χ4n) is 1.55. The van der Waals surface area contributed by atoms with Crippen LogP contribution in [0.15, 0.2) is 24.3 Å². The van der Waals surface area contributed by atoms with E-state index in [0.29, 0.717) is 6.54 Å². The standard InChI is InChI=1S/C13H19FN2O2/c1-9(10-3-5-11(14)6-4-10)7-16-13(17)12(15)8-18-2/h3-6,9,12H,7-8,15H2,1-2H3,(H,16,17). The predicted molar refractivity (Wildman–Crippen MR) is 67.7 cm³/mol. The van der Waals surface area contributed by atoms with Crippen LogP contribution < -0.4 is 11.1 Å². The lowest BCUT2D eigenvalue weighted by molar-refractivity contribution is -0.123. The van der Waals surface area contributed by atoms with Crippen molar-refractivity contribution in [3.63, 3.8) is 0 Å². The molecule has 0 radical (unpaired) electrons. The van der Waals surface area contributed by atoms with Crippen molar-refractivity contribution in [3.8, 4) is 0 Å². The second-order valence-electron chi connectivity index (χ2n) is 4.26. The minimum Gasteiger partial charge on any atom is -0.383 e. The zero-order valence-corrected chi connectivity index (χ0v) is 10.7. The maximum atomic E-state index is 12.8. The van der Waals surface area contributed by atoms with E-state index in [1.165, 1.54) is 19.2 Å². The van der Waals surface area contributed by atoms with Crippen LogP contribution in [0.4, 0.5) is 4.39 Å². The van der Waals surface area contributed by atoms with Crippen LogP contribution in [0.1, 0.15) is 18.4 Å². The Bertz CT molecular complexity index is 381. The van der Waals surface area contributed by atoms with Crippen molar-refractivity contribution >= 4 is 5.91 Å². The van der Waals surface area contributed by atoms with Gasteiger partial charge < -0.3 is 15.8 Å². The minimum atomic E-state index is -0.657. The molecule has 0 aliphatic heterocycles. The first kappa shape index (κ1) is 14.6. The second kappa shape index (κ2) is 7.08. The van der Waals surface area contributed by atoms with Crippen LogP contribution in [0.5, 0.6) is 0 Å². The molecule has 0 aliphatic rings. The third kappa shape index (κ3) is 4.43. The van der Waals surface area contributed by atoms with Crippen molar-refractivity contribution in [1.29, 1.82) is 0 Å². The number of hydrogen-bond donors (Lipinski definition) is 2. The Labute approximate surface area is 106 Å². The molecule has 0 saturated carbocycles. The van der Waals surface area contributed by atoms with E-state index in [0.717, 1.165) is 5.56 Å². The summed E-state index contributed by atoms with van der Waals surface area (Å²) in [6.07, 6.45) is 0. The van der Waals surface area contributed by atoms with Gasteiger partial charge in [0.1, 0.15) is 11.9 Å². The monoisotopic (exact) mass is 254 g/mol. The van der Waals surface area contributed by atoms with Crippen LogP contribution in [-0.2, 0) is 9.53 Å². The lowest BCUT2D eigenvalue weighted by atomic mass is 10.0. The maximum absolute atomic E-state index is 12.8. The van der Waals surface area contributed by atoms with E-state index in [-0.39, 0.29) is 24.2 Å². The first-order valence-corrected chi connectivity index (χ1v) is 5.82. The van der Waals surface area contributed by atoms with E-state index in [9.17, 15) is 9.18 Å². The van der Waals surface area contributed by atoms with Gasteiger partial charge in [0, 0.05) is 13.7 Å². The molecular formula is C13H19FN2O2. The summed E-state index contributed by atoms with van der Waals surface area (Å²) in [7, 11) is 1.49. The van der Waals surface area contributed by atoms with Gasteiger partial charge in [0.15, 0.2) is 0 Å². The molecule has 18 heavy (non-hydrogen) atoms. The Morgan fingerprint density at radius 3 is 2.61 bits per heavy atom. The highest BCUT2D eigenvalue weighted by atomic mass is 19.1. The molecule has 0 heterocycles. The molecule has 0 fully saturated rings. The van der Waals surface area contributed by atoms with E-state index in [4.69, 9.17) is 10.5 Å². The van der Waals surface area contributed by atoms with Gasteiger partial charge in [-0.2, -0.15) is 0 Å². The van der Waals surface area contributed by atoms with Gasteiger partial charge >= 0.3 is 0 Å². The van der Waals surface area contributed by atoms with Gasteiger partial charge in [0.2, 0.25) is 5.91 Å². The molecule has 3 N–H and O–H groups in total. The van der Waals surface area contributed by atoms with Gasteiger partial charge in [-0.3, -0.25) is 4.79 Å². The molecule has 100 valence electrons. The van der Waals surface area contributed by atoms with Crippen molar-refractivity contribution in [2.24, 2.45) is 5.73 Å². The summed E-state index contributed by atoms with van der Waals surface area (Å²) >= 11 is 0. The highest BCUT2D eigenvalue weighted by Gasteiger charge is 2.14. The summed E-state index contributed by atoms with van der Waals surface area (Å²) < 4.78 is 17.6. The third-order valence-electron chi connectivity index (χ3n) is 2.70. The van der Waals surface area contributed by atoms with Crippen LogP contribution in [-0.4, -0.2) is 32.2 Å². The number of benzene rings is 1. The third-order valence-corrected chi connectivity index (χ3v) is 2.70. The van der Waals surface area contributed by atoms with Gasteiger partial charge in [0.05, 0.1) is 6.61 Å². The van der Waals surface area contributed by atoms with Crippen molar-refractivity contribution in [2.45, 2.75) is 18.9 Å². The number of carbonyl (C=O) groups is 1. The number of nitrogens with two attached hydrogens (primary N) is 1. The van der Waals surface area contributed by atoms with Crippen molar-refractivity contribution < 1.29 is 13.9 Å². The van der Waals surface area contributed by atoms with Crippen LogP contribution in [0.2, 0.25) is 0 Å². The number of halogens is 1. The van der Waals surface area contributed by atoms with Crippen molar-refractivity contribution in [1.82, 2.24) is 5.32 Å². The van der Waals surface area contributed by atoms with E-state index in [2.05, 4.69) is 5.32 Å². The molecule has 2 unspecified atom stereocenters. The van der Waals surface area contributed by atoms with E-state index < -0.39 is 6.04 Å². The normalized spacial score (nSPS) is 14.0. The van der Waals surface area contributed by atoms with E-state index in [1.807, 2.05) is 6.92 Å². The fraction of sp³-hybridized carbons (Fsp3) is 0.462. The number of ether oxygens (including phenoxy) is 1. The number of hydrogen-bond acceptors (Lipinski definition) is 3. The summed E-state index contributed by atoms with van der Waals surface area (Å²) in [5, 5.41) is 2.74. The van der Waals surface area contributed by atoms with Gasteiger partial charge in [-0.1, -0.05) is 19.1 Å². The lowest BCUT2D eigenvalue weighted by Crippen LogP contribution is -2.44. The molecular weight excluding hydrogens is 235 g/mol. The lowest BCUT2D eigenvalue weighted by Gasteiger charge is -2.15. The minimum absolute atomic E-state index is 0.101. The SMILES string of the molecule is COCC(N)C(=O)NCC(C)c1ccc(F)cc1. The molecule has 1 amide bonds. The molecule has 2 atom stereocenters. The second-order valence-corrected chi connectivity index (χ2v) is 4.26. The number of amides is 1. The van der Waals surface area contributed by atoms with E-state index >= 15 is 0 Å². The molecule has 0 spiro atoms. The van der Waals surface area contributed by atoms with Crippen LogP contribution >= 0.6 is 0 Å². The largest absolute Gasteiger partial charge is 0.383 e. The van der Waals surface area contributed by atoms with Crippen LogP contribution in [0.25, 0.3) is 0 Å². The molecule has 1 aromatic carbocycles. The molecule has 0 aliphatic carbocycles. The number of carbonyl (C=O) groups excluding carboxylic acids is 1. The Hall–Kier alpha value is -1.46. The van der Waals surface area contributed by atoms with Gasteiger partial charge in [-0.05, 0) is 23.6 Å². The Morgan fingerprint density at radius 1 is 1.44 bits per heavy atom. The average Bonchev–Trinajstić information content (AvgIpc) is 2.36. The topological polar surface area (TPSA) is 64.3 Å².